The molecule has 0 radical (unpaired) electrons. The average molecular weight is 240 g/mol. The van der Waals surface area contributed by atoms with Crippen LogP contribution < -0.4 is 11.3 Å². The Kier molecular flexibility index (Phi) is 4.35. The van der Waals surface area contributed by atoms with Crippen LogP contribution in [0, 0.1) is 5.92 Å². The van der Waals surface area contributed by atoms with E-state index in [0.29, 0.717) is 5.92 Å². The van der Waals surface area contributed by atoms with Crippen molar-refractivity contribution >= 4 is 11.3 Å². The van der Waals surface area contributed by atoms with Crippen LogP contribution in [0.25, 0.3) is 0 Å². The predicted octanol–water partition coefficient (Wildman–Crippen LogP) is 1.94. The van der Waals surface area contributed by atoms with E-state index in [1.54, 1.807) is 18.4 Å². The first-order valence-corrected chi connectivity index (χ1v) is 6.79. The van der Waals surface area contributed by atoms with E-state index in [1.807, 2.05) is 0 Å². The fourth-order valence-corrected chi connectivity index (χ4v) is 2.91. The highest BCUT2D eigenvalue weighted by Crippen LogP contribution is 2.36. The van der Waals surface area contributed by atoms with Crippen LogP contribution in [-0.4, -0.2) is 19.3 Å². The predicted molar refractivity (Wildman–Crippen MR) is 67.3 cm³/mol. The van der Waals surface area contributed by atoms with E-state index < -0.39 is 0 Å². The molecule has 2 rings (SSSR count). The Bertz CT molecular complexity index is 298. The minimum Gasteiger partial charge on any atom is -0.379 e. The number of ether oxygens (including phenoxy) is 1. The molecule has 90 valence electrons. The molecule has 0 saturated heterocycles. The fourth-order valence-electron chi connectivity index (χ4n) is 2.21. The molecular weight excluding hydrogens is 220 g/mol. The molecule has 0 aliphatic heterocycles. The van der Waals surface area contributed by atoms with Gasteiger partial charge in [0.25, 0.3) is 0 Å². The van der Waals surface area contributed by atoms with Gasteiger partial charge in [-0.05, 0) is 54.0 Å². The monoisotopic (exact) mass is 240 g/mol. The Morgan fingerprint density at radius 1 is 1.62 bits per heavy atom. The Balaban J connectivity index is 1.84. The normalized spacial score (nSPS) is 19.6. The second-order valence-electron chi connectivity index (χ2n) is 4.48. The smallest absolute Gasteiger partial charge is 0.0765 e. The van der Waals surface area contributed by atoms with Crippen molar-refractivity contribution in [2.45, 2.75) is 37.8 Å². The molecule has 1 aliphatic rings. The summed E-state index contributed by atoms with van der Waals surface area (Å²) < 4.78 is 5.56. The minimum absolute atomic E-state index is 0.275. The Morgan fingerprint density at radius 3 is 2.94 bits per heavy atom. The zero-order valence-corrected chi connectivity index (χ0v) is 10.5. The fraction of sp³-hybridized carbons (Fsp3) is 0.667. The van der Waals surface area contributed by atoms with Crippen molar-refractivity contribution in [2.24, 2.45) is 11.8 Å². The topological polar surface area (TPSA) is 47.3 Å². The summed E-state index contributed by atoms with van der Waals surface area (Å²) >= 11 is 1.75. The van der Waals surface area contributed by atoms with Crippen molar-refractivity contribution in [3.63, 3.8) is 0 Å². The lowest BCUT2D eigenvalue weighted by Crippen LogP contribution is -2.46. The van der Waals surface area contributed by atoms with Gasteiger partial charge in [-0.25, -0.2) is 0 Å². The minimum atomic E-state index is 0.275. The first kappa shape index (κ1) is 12.0. The molecule has 0 aromatic carbocycles. The van der Waals surface area contributed by atoms with E-state index in [9.17, 15) is 0 Å². The highest BCUT2D eigenvalue weighted by Gasteiger charge is 2.36. The van der Waals surface area contributed by atoms with Gasteiger partial charge in [0, 0.05) is 13.2 Å². The number of thiophene rings is 1. The largest absolute Gasteiger partial charge is 0.379 e. The molecule has 1 aliphatic carbocycles. The lowest BCUT2D eigenvalue weighted by molar-refractivity contribution is 0.0485. The second kappa shape index (κ2) is 5.77. The summed E-state index contributed by atoms with van der Waals surface area (Å²) in [5, 5.41) is 4.32. The molecule has 0 amide bonds. The van der Waals surface area contributed by atoms with Gasteiger partial charge in [0.1, 0.15) is 0 Å². The second-order valence-corrected chi connectivity index (χ2v) is 5.26. The van der Waals surface area contributed by atoms with Gasteiger partial charge in [-0.1, -0.05) is 0 Å². The van der Waals surface area contributed by atoms with Crippen LogP contribution in [0.2, 0.25) is 0 Å². The molecule has 1 aromatic rings. The van der Waals surface area contributed by atoms with Crippen LogP contribution >= 0.6 is 11.3 Å². The maximum atomic E-state index is 5.63. The number of methoxy groups -OCH3 is 1. The summed E-state index contributed by atoms with van der Waals surface area (Å²) in [6.45, 7) is 0. The average Bonchev–Trinajstić information content (AvgIpc) is 3.00. The van der Waals surface area contributed by atoms with Crippen molar-refractivity contribution < 1.29 is 4.74 Å². The third kappa shape index (κ3) is 3.04. The van der Waals surface area contributed by atoms with Crippen molar-refractivity contribution in [2.75, 3.05) is 7.11 Å². The number of nitrogens with one attached hydrogen (secondary N) is 1. The Labute approximate surface area is 101 Å². The standard InChI is InChI=1S/C12H20N2OS/c1-15-12(10-3-4-10)11(14-13)5-2-9-6-7-16-8-9/h6-8,10-12,14H,2-5,13H2,1H3. The molecule has 2 unspecified atom stereocenters. The molecular formula is C12H20N2OS. The summed E-state index contributed by atoms with van der Waals surface area (Å²) in [5.41, 5.74) is 4.31. The van der Waals surface area contributed by atoms with Crippen molar-refractivity contribution in [3.8, 4) is 0 Å². The number of hydrazine groups is 1. The molecule has 1 heterocycles. The quantitative estimate of drug-likeness (QED) is 0.565. The molecule has 2 atom stereocenters. The zero-order chi connectivity index (χ0) is 11.4. The van der Waals surface area contributed by atoms with Crippen LogP contribution in [0.4, 0.5) is 0 Å². The highest BCUT2D eigenvalue weighted by molar-refractivity contribution is 7.07. The SMILES string of the molecule is COC(C1CC1)C(CCc1ccsc1)NN. The molecule has 0 spiro atoms. The van der Waals surface area contributed by atoms with Gasteiger partial charge in [-0.15, -0.1) is 0 Å². The van der Waals surface area contributed by atoms with E-state index in [0.717, 1.165) is 12.8 Å². The van der Waals surface area contributed by atoms with Gasteiger partial charge in [0.05, 0.1) is 6.10 Å². The summed E-state index contributed by atoms with van der Waals surface area (Å²) in [4.78, 5) is 0. The summed E-state index contributed by atoms with van der Waals surface area (Å²) in [7, 11) is 1.79. The van der Waals surface area contributed by atoms with Gasteiger partial charge in [0.2, 0.25) is 0 Å². The van der Waals surface area contributed by atoms with Crippen LogP contribution in [0.5, 0.6) is 0 Å². The van der Waals surface area contributed by atoms with Gasteiger partial charge < -0.3 is 4.74 Å². The van der Waals surface area contributed by atoms with E-state index in [-0.39, 0.29) is 12.1 Å². The summed E-state index contributed by atoms with van der Waals surface area (Å²) in [6, 6.07) is 2.45. The molecule has 1 aromatic heterocycles. The molecule has 1 saturated carbocycles. The highest BCUT2D eigenvalue weighted by atomic mass is 32.1. The molecule has 16 heavy (non-hydrogen) atoms. The Hall–Kier alpha value is -0.420. The molecule has 4 heteroatoms. The van der Waals surface area contributed by atoms with E-state index in [2.05, 4.69) is 22.3 Å². The van der Waals surface area contributed by atoms with Crippen LogP contribution in [-0.2, 0) is 11.2 Å². The first-order valence-electron chi connectivity index (χ1n) is 5.85. The van der Waals surface area contributed by atoms with Crippen LogP contribution in [0.3, 0.4) is 0 Å². The number of nitrogens with two attached hydrogens (primary N) is 1. The van der Waals surface area contributed by atoms with Crippen LogP contribution in [0.1, 0.15) is 24.8 Å². The van der Waals surface area contributed by atoms with Gasteiger partial charge >= 0.3 is 0 Å². The maximum Gasteiger partial charge on any atom is 0.0765 e. The van der Waals surface area contributed by atoms with Crippen molar-refractivity contribution in [3.05, 3.63) is 22.4 Å². The van der Waals surface area contributed by atoms with Crippen LogP contribution in [0.15, 0.2) is 16.8 Å². The van der Waals surface area contributed by atoms with E-state index >= 15 is 0 Å². The lowest BCUT2D eigenvalue weighted by Gasteiger charge is -2.25. The molecule has 1 fully saturated rings. The van der Waals surface area contributed by atoms with Crippen molar-refractivity contribution in [1.82, 2.24) is 5.43 Å². The molecule has 3 nitrogen and oxygen atoms in total. The van der Waals surface area contributed by atoms with E-state index in [4.69, 9.17) is 10.6 Å². The van der Waals surface area contributed by atoms with Gasteiger partial charge in [0.15, 0.2) is 0 Å². The third-order valence-electron chi connectivity index (χ3n) is 3.29. The van der Waals surface area contributed by atoms with E-state index in [1.165, 1.54) is 18.4 Å². The maximum absolute atomic E-state index is 5.63. The number of hydrogen-bond donors (Lipinski definition) is 2. The number of aryl methyl sites for hydroxylation is 1. The summed E-state index contributed by atoms with van der Waals surface area (Å²) in [6.07, 6.45) is 4.97. The molecule has 0 bridgehead atoms. The van der Waals surface area contributed by atoms with Gasteiger partial charge in [-0.3, -0.25) is 11.3 Å². The Morgan fingerprint density at radius 2 is 2.44 bits per heavy atom. The third-order valence-corrected chi connectivity index (χ3v) is 4.03. The van der Waals surface area contributed by atoms with Gasteiger partial charge in [-0.2, -0.15) is 11.3 Å². The lowest BCUT2D eigenvalue weighted by atomic mass is 10.00. The summed E-state index contributed by atoms with van der Waals surface area (Å²) in [5.74, 6) is 6.34. The molecule has 3 N–H and O–H groups in total. The first-order chi connectivity index (χ1) is 7.85. The van der Waals surface area contributed by atoms with Crippen molar-refractivity contribution in [1.29, 1.82) is 0 Å². The number of rotatable bonds is 7. The zero-order valence-electron chi connectivity index (χ0n) is 9.69. The number of hydrogen-bond acceptors (Lipinski definition) is 4.